The van der Waals surface area contributed by atoms with Crippen LogP contribution in [-0.4, -0.2) is 43.3 Å². The number of aryl methyl sites for hydroxylation is 1. The monoisotopic (exact) mass is 430 g/mol. The summed E-state index contributed by atoms with van der Waals surface area (Å²) in [4.78, 5) is 11.8. The molecular formula is C20H21F3O5S. The first kappa shape index (κ1) is 22.9. The smallest absolute Gasteiger partial charge is 0.416 e. The van der Waals surface area contributed by atoms with Gasteiger partial charge in [0.2, 0.25) is 0 Å². The summed E-state index contributed by atoms with van der Waals surface area (Å²) in [6.45, 7) is 1.42. The number of aliphatic carboxylic acids is 1. The van der Waals surface area contributed by atoms with Crippen molar-refractivity contribution < 1.29 is 37.3 Å². The van der Waals surface area contributed by atoms with E-state index >= 15 is 0 Å². The molecule has 0 aromatic heterocycles. The molecule has 0 fully saturated rings. The van der Waals surface area contributed by atoms with Crippen LogP contribution in [0.4, 0.5) is 13.2 Å². The Morgan fingerprint density at radius 1 is 1.17 bits per heavy atom. The number of thioether (sulfide) groups is 1. The van der Waals surface area contributed by atoms with Crippen LogP contribution in [0.3, 0.4) is 0 Å². The van der Waals surface area contributed by atoms with Gasteiger partial charge in [-0.25, -0.2) is 4.79 Å². The molecule has 5 nitrogen and oxygen atoms in total. The van der Waals surface area contributed by atoms with Crippen molar-refractivity contribution >= 4 is 17.7 Å². The average molecular weight is 430 g/mol. The van der Waals surface area contributed by atoms with Gasteiger partial charge in [0.05, 0.1) is 12.7 Å². The molecule has 0 bridgehead atoms. The van der Waals surface area contributed by atoms with Crippen LogP contribution in [0.1, 0.15) is 11.1 Å². The lowest BCUT2D eigenvalue weighted by atomic mass is 10.2. The molecule has 1 N–H and O–H groups in total. The molecule has 2 aromatic carbocycles. The van der Waals surface area contributed by atoms with E-state index in [0.29, 0.717) is 5.75 Å². The minimum atomic E-state index is -4.42. The summed E-state index contributed by atoms with van der Waals surface area (Å²) in [7, 11) is 1.59. The number of carbonyl (C=O) groups is 1. The van der Waals surface area contributed by atoms with Crippen LogP contribution in [-0.2, 0) is 15.7 Å². The minimum Gasteiger partial charge on any atom is -0.496 e. The number of carboxylic acid groups (broad SMARTS) is 1. The maximum absolute atomic E-state index is 12.6. The summed E-state index contributed by atoms with van der Waals surface area (Å²) in [5, 5.41) is 8.84. The standard InChI is InChI=1S/C20H21F3O5S/c1-13-9-17(7-8-18(13)26-2)29-12-16(28-11-19(24)25)10-27-15-5-3-14(4-6-15)20(21,22)23/h3-9,16H,10-12H2,1-2H3,(H,24,25). The lowest BCUT2D eigenvalue weighted by Crippen LogP contribution is -2.27. The molecule has 0 spiro atoms. The summed E-state index contributed by atoms with van der Waals surface area (Å²) < 4.78 is 53.9. The maximum Gasteiger partial charge on any atom is 0.416 e. The van der Waals surface area contributed by atoms with Crippen LogP contribution in [0.2, 0.25) is 0 Å². The van der Waals surface area contributed by atoms with Crippen LogP contribution in [0.25, 0.3) is 0 Å². The highest BCUT2D eigenvalue weighted by Gasteiger charge is 2.30. The number of benzene rings is 2. The van der Waals surface area contributed by atoms with E-state index in [1.54, 1.807) is 7.11 Å². The van der Waals surface area contributed by atoms with Gasteiger partial charge in [0.15, 0.2) is 0 Å². The largest absolute Gasteiger partial charge is 0.496 e. The fourth-order valence-electron chi connectivity index (χ4n) is 2.39. The fraction of sp³-hybridized carbons (Fsp3) is 0.350. The van der Waals surface area contributed by atoms with Crippen LogP contribution in [0.15, 0.2) is 47.4 Å². The highest BCUT2D eigenvalue weighted by molar-refractivity contribution is 7.99. The molecule has 0 saturated carbocycles. The highest BCUT2D eigenvalue weighted by atomic mass is 32.2. The van der Waals surface area contributed by atoms with Crippen molar-refractivity contribution in [2.24, 2.45) is 0 Å². The Morgan fingerprint density at radius 2 is 1.86 bits per heavy atom. The van der Waals surface area contributed by atoms with Gasteiger partial charge in [-0.2, -0.15) is 13.2 Å². The molecular weight excluding hydrogens is 409 g/mol. The van der Waals surface area contributed by atoms with Crippen LogP contribution in [0.5, 0.6) is 11.5 Å². The summed E-state index contributed by atoms with van der Waals surface area (Å²) in [6.07, 6.45) is -4.99. The van der Waals surface area contributed by atoms with E-state index < -0.39 is 30.4 Å². The predicted molar refractivity (Wildman–Crippen MR) is 103 cm³/mol. The van der Waals surface area contributed by atoms with E-state index in [1.165, 1.54) is 23.9 Å². The fourth-order valence-corrected chi connectivity index (χ4v) is 3.39. The predicted octanol–water partition coefficient (Wildman–Crippen LogP) is 4.66. The molecule has 1 unspecified atom stereocenters. The lowest BCUT2D eigenvalue weighted by Gasteiger charge is -2.18. The third-order valence-electron chi connectivity index (χ3n) is 3.86. The van der Waals surface area contributed by atoms with Crippen LogP contribution in [0, 0.1) is 6.92 Å². The molecule has 0 heterocycles. The van der Waals surface area contributed by atoms with Crippen molar-refractivity contribution in [3.05, 3.63) is 53.6 Å². The van der Waals surface area contributed by atoms with Gasteiger partial charge in [-0.1, -0.05) is 0 Å². The van der Waals surface area contributed by atoms with E-state index in [1.807, 2.05) is 25.1 Å². The Balaban J connectivity index is 1.96. The third kappa shape index (κ3) is 7.51. The molecule has 0 amide bonds. The third-order valence-corrected chi connectivity index (χ3v) is 4.99. The van der Waals surface area contributed by atoms with E-state index in [9.17, 15) is 18.0 Å². The average Bonchev–Trinajstić information content (AvgIpc) is 2.67. The van der Waals surface area contributed by atoms with Crippen molar-refractivity contribution in [1.82, 2.24) is 0 Å². The Kier molecular flexibility index (Phi) is 8.21. The zero-order valence-corrected chi connectivity index (χ0v) is 16.7. The van der Waals surface area contributed by atoms with Gasteiger partial charge in [0, 0.05) is 10.6 Å². The summed E-state index contributed by atoms with van der Waals surface area (Å²) in [5.41, 5.74) is 0.190. The van der Waals surface area contributed by atoms with Gasteiger partial charge >= 0.3 is 12.1 Å². The molecule has 9 heteroatoms. The first-order chi connectivity index (χ1) is 13.7. The van der Waals surface area contributed by atoms with E-state index in [2.05, 4.69) is 0 Å². The van der Waals surface area contributed by atoms with Gasteiger partial charge in [-0.05, 0) is 55.0 Å². The van der Waals surface area contributed by atoms with Crippen molar-refractivity contribution in [3.63, 3.8) is 0 Å². The van der Waals surface area contributed by atoms with Crippen molar-refractivity contribution in [2.75, 3.05) is 26.1 Å². The SMILES string of the molecule is COc1ccc(SCC(COc2ccc(C(F)(F)F)cc2)OCC(=O)O)cc1C. The first-order valence-electron chi connectivity index (χ1n) is 8.60. The Labute approximate surface area is 170 Å². The van der Waals surface area contributed by atoms with Gasteiger partial charge < -0.3 is 19.3 Å². The summed E-state index contributed by atoms with van der Waals surface area (Å²) in [5.74, 6) is 0.292. The summed E-state index contributed by atoms with van der Waals surface area (Å²) in [6, 6.07) is 9.95. The molecule has 0 aliphatic carbocycles. The molecule has 0 aliphatic heterocycles. The molecule has 158 valence electrons. The molecule has 29 heavy (non-hydrogen) atoms. The van der Waals surface area contributed by atoms with Gasteiger partial charge in [-0.15, -0.1) is 11.8 Å². The van der Waals surface area contributed by atoms with Crippen molar-refractivity contribution in [3.8, 4) is 11.5 Å². The topological polar surface area (TPSA) is 65.0 Å². The van der Waals surface area contributed by atoms with Crippen molar-refractivity contribution in [1.29, 1.82) is 0 Å². The second kappa shape index (κ2) is 10.4. The van der Waals surface area contributed by atoms with E-state index in [0.717, 1.165) is 28.3 Å². The van der Waals surface area contributed by atoms with E-state index in [4.69, 9.17) is 19.3 Å². The minimum absolute atomic E-state index is 0.000775. The second-order valence-electron chi connectivity index (χ2n) is 6.10. The molecule has 2 aromatic rings. The van der Waals surface area contributed by atoms with E-state index in [-0.39, 0.29) is 12.4 Å². The second-order valence-corrected chi connectivity index (χ2v) is 7.20. The Morgan fingerprint density at radius 3 is 2.41 bits per heavy atom. The maximum atomic E-state index is 12.6. The highest BCUT2D eigenvalue weighted by Crippen LogP contribution is 2.30. The number of methoxy groups -OCH3 is 1. The number of ether oxygens (including phenoxy) is 3. The van der Waals surface area contributed by atoms with Crippen LogP contribution >= 0.6 is 11.8 Å². The molecule has 0 saturated heterocycles. The lowest BCUT2D eigenvalue weighted by molar-refractivity contribution is -0.144. The number of alkyl halides is 3. The number of hydrogen-bond acceptors (Lipinski definition) is 5. The van der Waals surface area contributed by atoms with Crippen LogP contribution < -0.4 is 9.47 Å². The molecule has 1 atom stereocenters. The quantitative estimate of drug-likeness (QED) is 0.553. The zero-order chi connectivity index (χ0) is 21.4. The summed E-state index contributed by atoms with van der Waals surface area (Å²) >= 11 is 1.45. The number of rotatable bonds is 10. The molecule has 0 radical (unpaired) electrons. The number of hydrogen-bond donors (Lipinski definition) is 1. The van der Waals surface area contributed by atoms with Gasteiger partial charge in [0.25, 0.3) is 0 Å². The number of carboxylic acids is 1. The first-order valence-corrected chi connectivity index (χ1v) is 9.58. The zero-order valence-electron chi connectivity index (χ0n) is 15.9. The normalized spacial score (nSPS) is 12.4. The Hall–Kier alpha value is -2.39. The van der Waals surface area contributed by atoms with Gasteiger partial charge in [0.1, 0.15) is 30.8 Å². The number of halogens is 3. The van der Waals surface area contributed by atoms with Crippen molar-refractivity contribution in [2.45, 2.75) is 24.1 Å². The van der Waals surface area contributed by atoms with Gasteiger partial charge in [-0.3, -0.25) is 0 Å². The Bertz CT molecular complexity index is 809. The molecule has 2 rings (SSSR count). The molecule has 0 aliphatic rings.